The quantitative estimate of drug-likeness (QED) is 0.120. The fourth-order valence-corrected chi connectivity index (χ4v) is 5.60. The highest BCUT2D eigenvalue weighted by molar-refractivity contribution is 5.24. The van der Waals surface area contributed by atoms with Crippen molar-refractivity contribution in [3.63, 3.8) is 0 Å². The molecule has 1 rings (SSSR count). The van der Waals surface area contributed by atoms with Crippen LogP contribution >= 0.6 is 0 Å². The van der Waals surface area contributed by atoms with Crippen molar-refractivity contribution in [1.29, 1.82) is 0 Å². The van der Waals surface area contributed by atoms with Crippen molar-refractivity contribution in [2.45, 2.75) is 144 Å². The zero-order valence-electron chi connectivity index (χ0n) is 23.5. The molecule has 1 nitrogen and oxygen atoms in total. The lowest BCUT2D eigenvalue weighted by molar-refractivity contribution is -0.944. The van der Waals surface area contributed by atoms with E-state index < -0.39 is 0 Å². The van der Waals surface area contributed by atoms with Crippen molar-refractivity contribution in [3.8, 4) is 0 Å². The van der Waals surface area contributed by atoms with Gasteiger partial charge in [-0.15, -0.1) is 0 Å². The van der Waals surface area contributed by atoms with Crippen LogP contribution in [-0.4, -0.2) is 24.1 Å². The summed E-state index contributed by atoms with van der Waals surface area (Å²) in [5.41, 5.74) is 3.06. The monoisotopic (exact) mass is 458 g/mol. The molecule has 1 aromatic rings. The molecule has 0 amide bonds. The van der Waals surface area contributed by atoms with Gasteiger partial charge in [-0.1, -0.05) is 129 Å². The van der Waals surface area contributed by atoms with Gasteiger partial charge in [-0.2, -0.15) is 0 Å². The Morgan fingerprint density at radius 1 is 0.606 bits per heavy atom. The number of nitrogens with zero attached hydrogens (tertiary/aromatic N) is 1. The fourth-order valence-electron chi connectivity index (χ4n) is 5.60. The van der Waals surface area contributed by atoms with E-state index in [1.807, 2.05) is 0 Å². The summed E-state index contributed by atoms with van der Waals surface area (Å²) in [6, 6.07) is 9.15. The average molecular weight is 459 g/mol. The van der Waals surface area contributed by atoms with Crippen LogP contribution in [0.4, 0.5) is 0 Å². The second-order valence-electron chi connectivity index (χ2n) is 11.4. The van der Waals surface area contributed by atoms with Crippen LogP contribution in [0.3, 0.4) is 0 Å². The van der Waals surface area contributed by atoms with E-state index in [0.717, 1.165) is 5.92 Å². The van der Waals surface area contributed by atoms with E-state index in [9.17, 15) is 0 Å². The van der Waals surface area contributed by atoms with E-state index in [2.05, 4.69) is 58.9 Å². The summed E-state index contributed by atoms with van der Waals surface area (Å²) in [4.78, 5) is 0. The first-order chi connectivity index (χ1) is 16.0. The van der Waals surface area contributed by atoms with Crippen molar-refractivity contribution >= 4 is 0 Å². The minimum atomic E-state index is 0.761. The van der Waals surface area contributed by atoms with Gasteiger partial charge in [0.05, 0.1) is 19.6 Å². The molecule has 0 aromatic heterocycles. The zero-order chi connectivity index (χ0) is 24.2. The van der Waals surface area contributed by atoms with Crippen molar-refractivity contribution in [2.24, 2.45) is 5.92 Å². The highest BCUT2D eigenvalue weighted by Crippen LogP contribution is 2.24. The molecule has 0 aliphatic rings. The zero-order valence-corrected chi connectivity index (χ0v) is 23.5. The molecule has 0 radical (unpaired) electrons. The first-order valence-electron chi connectivity index (χ1n) is 14.9. The van der Waals surface area contributed by atoms with E-state index in [4.69, 9.17) is 0 Å². The number of rotatable bonds is 22. The van der Waals surface area contributed by atoms with E-state index in [1.165, 1.54) is 139 Å². The minimum Gasteiger partial charge on any atom is -0.320 e. The first-order valence-corrected chi connectivity index (χ1v) is 14.9. The maximum atomic E-state index is 2.44. The molecule has 0 spiro atoms. The van der Waals surface area contributed by atoms with Crippen LogP contribution in [0, 0.1) is 12.8 Å². The number of aryl methyl sites for hydroxylation is 1. The smallest absolute Gasteiger partial charge is 0.105 e. The maximum Gasteiger partial charge on any atom is 0.105 e. The fraction of sp³-hybridized carbons (Fsp3) is 0.812. The number of hydrogen-bond acceptors (Lipinski definition) is 0. The van der Waals surface area contributed by atoms with Crippen molar-refractivity contribution in [1.82, 2.24) is 0 Å². The van der Waals surface area contributed by atoms with E-state index >= 15 is 0 Å². The van der Waals surface area contributed by atoms with Gasteiger partial charge in [0, 0.05) is 11.5 Å². The van der Waals surface area contributed by atoms with Gasteiger partial charge in [-0.05, 0) is 38.2 Å². The second-order valence-corrected chi connectivity index (χ2v) is 11.4. The van der Waals surface area contributed by atoms with Gasteiger partial charge in [-0.3, -0.25) is 0 Å². The molecule has 0 unspecified atom stereocenters. The SMILES string of the molecule is CCCCCCCCCC[N+](CCCCCCCCCC)(Cc1ccccc1C)CC(C)C. The van der Waals surface area contributed by atoms with Crippen LogP contribution in [0.25, 0.3) is 0 Å². The van der Waals surface area contributed by atoms with Gasteiger partial charge in [-0.25, -0.2) is 0 Å². The standard InChI is InChI=1S/C32H60N/c1-6-8-10-12-14-16-18-22-26-33(28-30(3)4,29-32-25-21-20-24-31(32)5)27-23-19-17-15-13-11-9-7-2/h20-21,24-25,30H,6-19,22-23,26-29H2,1-5H3/q+1. The van der Waals surface area contributed by atoms with Gasteiger partial charge in [0.1, 0.15) is 6.54 Å². The molecule has 0 bridgehead atoms. The summed E-state index contributed by atoms with van der Waals surface area (Å²) in [6.45, 7) is 17.1. The molecular weight excluding hydrogens is 398 g/mol. The predicted molar refractivity (Wildman–Crippen MR) is 150 cm³/mol. The van der Waals surface area contributed by atoms with Crippen LogP contribution in [-0.2, 0) is 6.54 Å². The number of unbranched alkanes of at least 4 members (excludes halogenated alkanes) is 14. The summed E-state index contributed by atoms with van der Waals surface area (Å²) in [5, 5.41) is 0. The molecule has 0 aliphatic carbocycles. The van der Waals surface area contributed by atoms with Crippen molar-refractivity contribution in [3.05, 3.63) is 35.4 Å². The Hall–Kier alpha value is -0.820. The van der Waals surface area contributed by atoms with Crippen molar-refractivity contribution in [2.75, 3.05) is 19.6 Å². The van der Waals surface area contributed by atoms with Crippen LogP contribution in [0.2, 0.25) is 0 Å². The maximum absolute atomic E-state index is 2.44. The van der Waals surface area contributed by atoms with Crippen LogP contribution < -0.4 is 0 Å². The van der Waals surface area contributed by atoms with Crippen LogP contribution in [0.15, 0.2) is 24.3 Å². The largest absolute Gasteiger partial charge is 0.320 e. The third-order valence-electron chi connectivity index (χ3n) is 7.49. The molecule has 0 aliphatic heterocycles. The van der Waals surface area contributed by atoms with Gasteiger partial charge in [0.25, 0.3) is 0 Å². The second kappa shape index (κ2) is 19.5. The predicted octanol–water partition coefficient (Wildman–Crippen LogP) is 10.2. The Morgan fingerprint density at radius 2 is 1.03 bits per heavy atom. The molecule has 0 heterocycles. The Morgan fingerprint density at radius 3 is 1.45 bits per heavy atom. The summed E-state index contributed by atoms with van der Waals surface area (Å²) >= 11 is 0. The third kappa shape index (κ3) is 14.9. The molecule has 1 aromatic carbocycles. The number of benzene rings is 1. The lowest BCUT2D eigenvalue weighted by Gasteiger charge is -2.41. The molecule has 0 saturated heterocycles. The lowest BCUT2D eigenvalue weighted by Crippen LogP contribution is -2.51. The topological polar surface area (TPSA) is 0 Å². The molecular formula is C32H60N+. The van der Waals surface area contributed by atoms with E-state index in [-0.39, 0.29) is 0 Å². The van der Waals surface area contributed by atoms with Gasteiger partial charge >= 0.3 is 0 Å². The molecule has 0 N–H and O–H groups in total. The summed E-state index contributed by atoms with van der Waals surface area (Å²) in [5.74, 6) is 0.761. The molecule has 0 atom stereocenters. The Kier molecular flexibility index (Phi) is 17.8. The molecule has 0 fully saturated rings. The first kappa shape index (κ1) is 30.2. The molecule has 1 heteroatoms. The van der Waals surface area contributed by atoms with E-state index in [1.54, 1.807) is 5.56 Å². The molecule has 33 heavy (non-hydrogen) atoms. The van der Waals surface area contributed by atoms with Crippen LogP contribution in [0.5, 0.6) is 0 Å². The van der Waals surface area contributed by atoms with Crippen molar-refractivity contribution < 1.29 is 4.48 Å². The summed E-state index contributed by atoms with van der Waals surface area (Å²) in [7, 11) is 0. The Bertz CT molecular complexity index is 541. The Balaban J connectivity index is 2.65. The average Bonchev–Trinajstić information content (AvgIpc) is 2.78. The number of hydrogen-bond donors (Lipinski definition) is 0. The molecule has 192 valence electrons. The van der Waals surface area contributed by atoms with E-state index in [0.29, 0.717) is 0 Å². The minimum absolute atomic E-state index is 0.761. The summed E-state index contributed by atoms with van der Waals surface area (Å²) < 4.78 is 1.31. The summed E-state index contributed by atoms with van der Waals surface area (Å²) in [6.07, 6.45) is 22.7. The third-order valence-corrected chi connectivity index (χ3v) is 7.49. The van der Waals surface area contributed by atoms with Crippen LogP contribution in [0.1, 0.15) is 142 Å². The normalized spacial score (nSPS) is 12.1. The highest BCUT2D eigenvalue weighted by atomic mass is 15.3. The lowest BCUT2D eigenvalue weighted by atomic mass is 10.0. The number of quaternary nitrogens is 1. The van der Waals surface area contributed by atoms with Gasteiger partial charge in [0.2, 0.25) is 0 Å². The van der Waals surface area contributed by atoms with Gasteiger partial charge in [0.15, 0.2) is 0 Å². The molecule has 0 saturated carbocycles. The Labute approximate surface area is 209 Å². The van der Waals surface area contributed by atoms with Gasteiger partial charge < -0.3 is 4.48 Å². The highest BCUT2D eigenvalue weighted by Gasteiger charge is 2.28.